The largest absolute Gasteiger partial charge is 0.336 e. The summed E-state index contributed by atoms with van der Waals surface area (Å²) in [6.45, 7) is 1.84. The molecule has 1 aliphatic heterocycles. The van der Waals surface area contributed by atoms with Crippen molar-refractivity contribution < 1.29 is 9.59 Å². The third-order valence-corrected chi connectivity index (χ3v) is 4.52. The fraction of sp³-hybridized carbons (Fsp3) is 0.350. The molecule has 2 amide bonds. The molecule has 0 spiro atoms. The number of rotatable bonds is 6. The number of aromatic nitrogens is 1. The highest BCUT2D eigenvalue weighted by molar-refractivity contribution is 6.01. The summed E-state index contributed by atoms with van der Waals surface area (Å²) in [4.78, 5) is 33.4. The summed E-state index contributed by atoms with van der Waals surface area (Å²) in [6, 6.07) is 11.4. The van der Waals surface area contributed by atoms with E-state index in [1.165, 1.54) is 0 Å². The van der Waals surface area contributed by atoms with Crippen molar-refractivity contribution in [1.82, 2.24) is 14.8 Å². The lowest BCUT2D eigenvalue weighted by Gasteiger charge is -2.31. The number of benzene rings is 1. The molecular weight excluding hydrogens is 328 g/mol. The van der Waals surface area contributed by atoms with Crippen molar-refractivity contribution in [1.29, 1.82) is 0 Å². The summed E-state index contributed by atoms with van der Waals surface area (Å²) in [5.41, 5.74) is 2.60. The summed E-state index contributed by atoms with van der Waals surface area (Å²) in [6.07, 6.45) is 3.68. The van der Waals surface area contributed by atoms with Crippen LogP contribution in [0.3, 0.4) is 0 Å². The highest BCUT2D eigenvalue weighted by Gasteiger charge is 2.33. The van der Waals surface area contributed by atoms with Gasteiger partial charge in [-0.1, -0.05) is 24.3 Å². The van der Waals surface area contributed by atoms with Gasteiger partial charge in [0.15, 0.2) is 0 Å². The maximum Gasteiger partial charge on any atom is 0.231 e. The number of hydrogen-bond donors (Lipinski definition) is 1. The summed E-state index contributed by atoms with van der Waals surface area (Å²) in [7, 11) is 3.96. The third-order valence-electron chi connectivity index (χ3n) is 4.52. The fourth-order valence-electron chi connectivity index (χ4n) is 3.15. The van der Waals surface area contributed by atoms with Crippen LogP contribution in [0.2, 0.25) is 0 Å². The Kier molecular flexibility index (Phi) is 5.63. The Morgan fingerprint density at radius 2 is 2.00 bits per heavy atom. The lowest BCUT2D eigenvalue weighted by atomic mass is 9.89. The van der Waals surface area contributed by atoms with Crippen LogP contribution < -0.4 is 5.32 Å². The molecular formula is C20H24N4O2. The quantitative estimate of drug-likeness (QED) is 0.865. The molecule has 6 heteroatoms. The van der Waals surface area contributed by atoms with Gasteiger partial charge in [-0.15, -0.1) is 0 Å². The molecule has 0 aliphatic carbocycles. The third kappa shape index (κ3) is 4.26. The molecule has 1 aromatic heterocycles. The fourth-order valence-corrected chi connectivity index (χ4v) is 3.15. The molecule has 0 saturated heterocycles. The molecule has 2 heterocycles. The number of para-hydroxylation sites is 1. The number of carbonyl (C=O) groups is 2. The average molecular weight is 352 g/mol. The zero-order valence-corrected chi connectivity index (χ0v) is 15.2. The van der Waals surface area contributed by atoms with Crippen molar-refractivity contribution in [3.8, 4) is 0 Å². The minimum absolute atomic E-state index is 0.0157. The number of nitrogens with zero attached hydrogens (tertiary/aromatic N) is 3. The summed E-state index contributed by atoms with van der Waals surface area (Å²) in [5.74, 6) is -0.576. The second-order valence-corrected chi connectivity index (χ2v) is 6.82. The van der Waals surface area contributed by atoms with Gasteiger partial charge < -0.3 is 15.1 Å². The maximum absolute atomic E-state index is 13.3. The molecule has 0 radical (unpaired) electrons. The van der Waals surface area contributed by atoms with Crippen molar-refractivity contribution in [3.63, 3.8) is 0 Å². The molecule has 1 atom stereocenters. The highest BCUT2D eigenvalue weighted by Crippen LogP contribution is 2.33. The average Bonchev–Trinajstić information content (AvgIpc) is 2.64. The van der Waals surface area contributed by atoms with Gasteiger partial charge in [0.1, 0.15) is 0 Å². The molecule has 26 heavy (non-hydrogen) atoms. The molecule has 0 bridgehead atoms. The van der Waals surface area contributed by atoms with Gasteiger partial charge in [0.05, 0.1) is 5.92 Å². The molecule has 6 nitrogen and oxygen atoms in total. The highest BCUT2D eigenvalue weighted by atomic mass is 16.2. The number of amides is 2. The smallest absolute Gasteiger partial charge is 0.231 e. The Morgan fingerprint density at radius 1 is 1.19 bits per heavy atom. The molecule has 1 unspecified atom stereocenters. The van der Waals surface area contributed by atoms with Gasteiger partial charge in [-0.2, -0.15) is 0 Å². The molecule has 136 valence electrons. The van der Waals surface area contributed by atoms with E-state index in [1.807, 2.05) is 60.3 Å². The van der Waals surface area contributed by atoms with Gasteiger partial charge in [0, 0.05) is 44.1 Å². The van der Waals surface area contributed by atoms with Crippen molar-refractivity contribution in [2.45, 2.75) is 18.9 Å². The van der Waals surface area contributed by atoms with E-state index in [1.54, 1.807) is 12.4 Å². The number of hydrogen-bond acceptors (Lipinski definition) is 4. The molecule has 1 aliphatic rings. The topological polar surface area (TPSA) is 65.5 Å². The molecule has 1 aromatic carbocycles. The van der Waals surface area contributed by atoms with E-state index in [0.717, 1.165) is 23.4 Å². The van der Waals surface area contributed by atoms with Crippen LogP contribution in [-0.4, -0.2) is 53.8 Å². The van der Waals surface area contributed by atoms with Crippen LogP contribution in [0.5, 0.6) is 0 Å². The van der Waals surface area contributed by atoms with E-state index in [-0.39, 0.29) is 18.2 Å². The Labute approximate surface area is 153 Å². The number of anilines is 1. The van der Waals surface area contributed by atoms with Gasteiger partial charge in [-0.05, 0) is 37.4 Å². The normalized spacial score (nSPS) is 16.1. The minimum atomic E-state index is -0.446. The van der Waals surface area contributed by atoms with Crippen LogP contribution in [0.1, 0.15) is 23.5 Å². The van der Waals surface area contributed by atoms with E-state index in [4.69, 9.17) is 0 Å². The number of nitrogens with one attached hydrogen (secondary N) is 1. The first-order valence-electron chi connectivity index (χ1n) is 8.76. The lowest BCUT2D eigenvalue weighted by molar-refractivity contribution is -0.135. The SMILES string of the molecule is CN(C)CCN(Cc1cccnc1)C(=O)C1CC(=O)Nc2ccccc21. The molecule has 3 rings (SSSR count). The van der Waals surface area contributed by atoms with Crippen LogP contribution in [0.4, 0.5) is 5.69 Å². The van der Waals surface area contributed by atoms with E-state index in [0.29, 0.717) is 13.1 Å². The van der Waals surface area contributed by atoms with Crippen LogP contribution in [0.15, 0.2) is 48.8 Å². The van der Waals surface area contributed by atoms with Gasteiger partial charge in [-0.25, -0.2) is 0 Å². The standard InChI is InChI=1S/C20H24N4O2/c1-23(2)10-11-24(14-15-6-5-9-21-13-15)20(26)17-12-19(25)22-18-8-4-3-7-16(17)18/h3-9,13,17H,10-12,14H2,1-2H3,(H,22,25). The predicted molar refractivity (Wildman–Crippen MR) is 101 cm³/mol. The second kappa shape index (κ2) is 8.10. The van der Waals surface area contributed by atoms with E-state index < -0.39 is 5.92 Å². The zero-order valence-electron chi connectivity index (χ0n) is 15.2. The molecule has 0 saturated carbocycles. The molecule has 0 fully saturated rings. The first-order valence-corrected chi connectivity index (χ1v) is 8.76. The number of carbonyl (C=O) groups excluding carboxylic acids is 2. The van der Waals surface area contributed by atoms with Gasteiger partial charge in [0.25, 0.3) is 0 Å². The van der Waals surface area contributed by atoms with Crippen molar-refractivity contribution in [2.24, 2.45) is 0 Å². The monoisotopic (exact) mass is 352 g/mol. The van der Waals surface area contributed by atoms with Crippen molar-refractivity contribution >= 4 is 17.5 Å². The van der Waals surface area contributed by atoms with Crippen LogP contribution >= 0.6 is 0 Å². The Bertz CT molecular complexity index is 776. The summed E-state index contributed by atoms with van der Waals surface area (Å²) < 4.78 is 0. The summed E-state index contributed by atoms with van der Waals surface area (Å²) >= 11 is 0. The van der Waals surface area contributed by atoms with Crippen molar-refractivity contribution in [2.75, 3.05) is 32.5 Å². The summed E-state index contributed by atoms with van der Waals surface area (Å²) in [5, 5.41) is 2.86. The van der Waals surface area contributed by atoms with Crippen LogP contribution in [0, 0.1) is 0 Å². The maximum atomic E-state index is 13.3. The van der Waals surface area contributed by atoms with Gasteiger partial charge in [-0.3, -0.25) is 14.6 Å². The Balaban J connectivity index is 1.85. The predicted octanol–water partition coefficient (Wildman–Crippen LogP) is 2.10. The zero-order chi connectivity index (χ0) is 18.5. The van der Waals surface area contributed by atoms with Crippen LogP contribution in [-0.2, 0) is 16.1 Å². The van der Waals surface area contributed by atoms with E-state index in [2.05, 4.69) is 10.3 Å². The van der Waals surface area contributed by atoms with Gasteiger partial charge >= 0.3 is 0 Å². The van der Waals surface area contributed by atoms with Gasteiger partial charge in [0.2, 0.25) is 11.8 Å². The first kappa shape index (κ1) is 18.1. The Hall–Kier alpha value is -2.73. The first-order chi connectivity index (χ1) is 12.5. The Morgan fingerprint density at radius 3 is 2.73 bits per heavy atom. The minimum Gasteiger partial charge on any atom is -0.336 e. The van der Waals surface area contributed by atoms with Crippen molar-refractivity contribution in [3.05, 3.63) is 59.9 Å². The molecule has 2 aromatic rings. The lowest BCUT2D eigenvalue weighted by Crippen LogP contribution is -2.41. The number of pyridine rings is 1. The second-order valence-electron chi connectivity index (χ2n) is 6.82. The number of likely N-dealkylation sites (N-methyl/N-ethyl adjacent to an activating group) is 1. The van der Waals surface area contributed by atoms with E-state index >= 15 is 0 Å². The number of fused-ring (bicyclic) bond motifs is 1. The van der Waals surface area contributed by atoms with Crippen LogP contribution in [0.25, 0.3) is 0 Å². The molecule has 1 N–H and O–H groups in total. The van der Waals surface area contributed by atoms with E-state index in [9.17, 15) is 9.59 Å².